The molecule has 0 atom stereocenters. The van der Waals surface area contributed by atoms with Crippen LogP contribution in [0.5, 0.6) is 0 Å². The largest absolute Gasteiger partial charge is 0.435 e. The zero-order valence-corrected chi connectivity index (χ0v) is 14.5. The number of aromatic nitrogens is 6. The Bertz CT molecular complexity index is 966. The van der Waals surface area contributed by atoms with Gasteiger partial charge in [-0.1, -0.05) is 5.21 Å². The molecule has 142 valence electrons. The van der Waals surface area contributed by atoms with E-state index in [1.54, 1.807) is 24.6 Å². The number of H-pyrrole nitrogens is 1. The summed E-state index contributed by atoms with van der Waals surface area (Å²) < 4.78 is 54.4. The zero-order chi connectivity index (χ0) is 19.6. The monoisotopic (exact) mass is 380 g/mol. The lowest BCUT2D eigenvalue weighted by Crippen LogP contribution is -2.07. The van der Waals surface area contributed by atoms with Gasteiger partial charge in [-0.15, -0.1) is 5.10 Å². The molecule has 0 aliphatic rings. The van der Waals surface area contributed by atoms with Crippen LogP contribution < -0.4 is 0 Å². The molecule has 0 unspecified atom stereocenters. The summed E-state index contributed by atoms with van der Waals surface area (Å²) in [6.45, 7) is 3.79. The van der Waals surface area contributed by atoms with E-state index in [-0.39, 0.29) is 23.5 Å². The Hall–Kier alpha value is -3.04. The van der Waals surface area contributed by atoms with Crippen molar-refractivity contribution in [2.45, 2.75) is 33.0 Å². The fraction of sp³-hybridized carbons (Fsp3) is 0.294. The number of nitrogens with zero attached hydrogens (tertiary/aromatic N) is 5. The molecule has 0 aliphatic heterocycles. The number of hydrogen-bond acceptors (Lipinski definition) is 4. The van der Waals surface area contributed by atoms with Crippen molar-refractivity contribution < 1.29 is 17.6 Å². The maximum Gasteiger partial charge on any atom is 0.435 e. The van der Waals surface area contributed by atoms with Crippen LogP contribution in [0.2, 0.25) is 0 Å². The minimum absolute atomic E-state index is 0.184. The van der Waals surface area contributed by atoms with E-state index < -0.39 is 11.9 Å². The van der Waals surface area contributed by atoms with Crippen LogP contribution in [0.4, 0.5) is 17.6 Å². The Kier molecular flexibility index (Phi) is 5.06. The van der Waals surface area contributed by atoms with Crippen molar-refractivity contribution in [1.29, 1.82) is 0 Å². The van der Waals surface area contributed by atoms with Gasteiger partial charge in [0.15, 0.2) is 5.69 Å². The molecule has 10 heteroatoms. The van der Waals surface area contributed by atoms with Crippen molar-refractivity contribution >= 4 is 0 Å². The molecule has 0 bridgehead atoms. The quantitative estimate of drug-likeness (QED) is 0.666. The third-order valence-corrected chi connectivity index (χ3v) is 3.89. The van der Waals surface area contributed by atoms with E-state index in [1.165, 1.54) is 24.7 Å². The summed E-state index contributed by atoms with van der Waals surface area (Å²) in [7, 11) is 0. The summed E-state index contributed by atoms with van der Waals surface area (Å²) in [5.74, 6) is -0.184. The van der Waals surface area contributed by atoms with Crippen LogP contribution in [0.1, 0.15) is 26.0 Å². The van der Waals surface area contributed by atoms with Gasteiger partial charge in [0.05, 0.1) is 12.0 Å². The normalized spacial score (nSPS) is 11.6. The summed E-state index contributed by atoms with van der Waals surface area (Å²) in [5, 5.41) is 8.66. The van der Waals surface area contributed by atoms with Crippen molar-refractivity contribution in [3.63, 3.8) is 0 Å². The molecule has 0 aliphatic carbocycles. The first-order chi connectivity index (χ1) is 12.8. The molecular formula is C17H16F4N6. The summed E-state index contributed by atoms with van der Waals surface area (Å²) in [4.78, 5) is 8.35. The number of allylic oxidation sites excluding steroid dienone is 2. The molecule has 3 aromatic heterocycles. The van der Waals surface area contributed by atoms with E-state index >= 15 is 0 Å². The third kappa shape index (κ3) is 4.21. The van der Waals surface area contributed by atoms with Gasteiger partial charge in [-0.05, 0) is 31.6 Å². The number of rotatable bonds is 5. The molecule has 1 N–H and O–H groups in total. The van der Waals surface area contributed by atoms with Crippen molar-refractivity contribution in [1.82, 2.24) is 29.9 Å². The highest BCUT2D eigenvalue weighted by Crippen LogP contribution is 2.34. The van der Waals surface area contributed by atoms with E-state index in [0.717, 1.165) is 0 Å². The van der Waals surface area contributed by atoms with E-state index in [0.29, 0.717) is 23.5 Å². The van der Waals surface area contributed by atoms with Gasteiger partial charge in [0.25, 0.3) is 0 Å². The van der Waals surface area contributed by atoms with Crippen LogP contribution in [-0.4, -0.2) is 29.9 Å². The summed E-state index contributed by atoms with van der Waals surface area (Å²) in [5.41, 5.74) is 0.346. The molecule has 0 saturated heterocycles. The van der Waals surface area contributed by atoms with Crippen LogP contribution in [0.25, 0.3) is 22.6 Å². The Morgan fingerprint density at radius 3 is 2.67 bits per heavy atom. The Labute approximate surface area is 152 Å². The van der Waals surface area contributed by atoms with Crippen molar-refractivity contribution in [2.75, 3.05) is 0 Å². The minimum Gasteiger partial charge on any atom is -0.336 e. The molecule has 0 spiro atoms. The zero-order valence-electron chi connectivity index (χ0n) is 14.5. The van der Waals surface area contributed by atoms with Gasteiger partial charge in [0.1, 0.15) is 17.2 Å². The highest BCUT2D eigenvalue weighted by molar-refractivity contribution is 5.67. The van der Waals surface area contributed by atoms with E-state index in [4.69, 9.17) is 0 Å². The topological polar surface area (TPSA) is 72.3 Å². The number of halogens is 4. The molecule has 0 fully saturated rings. The van der Waals surface area contributed by atoms with Crippen molar-refractivity contribution in [3.05, 3.63) is 47.9 Å². The standard InChI is InChI=1S/C17H16F4N6/c1-10(2)12(18)4-6-27-8-14(23-9-27)13-7-11(3-5-22-13)15-16(17(19,20)21)25-26-24-15/h3,5,7-9H,4,6H2,1-2H3,(H,24,25,26). The third-order valence-electron chi connectivity index (χ3n) is 3.89. The van der Waals surface area contributed by atoms with Gasteiger partial charge in [-0.2, -0.15) is 13.2 Å². The predicted octanol–water partition coefficient (Wildman–Crippen LogP) is 4.40. The maximum absolute atomic E-state index is 13.6. The number of imidazole rings is 1. The second-order valence-electron chi connectivity index (χ2n) is 6.11. The van der Waals surface area contributed by atoms with Gasteiger partial charge < -0.3 is 4.57 Å². The first-order valence-electron chi connectivity index (χ1n) is 8.04. The summed E-state index contributed by atoms with van der Waals surface area (Å²) in [6.07, 6.45) is 0.205. The molecule has 6 nitrogen and oxygen atoms in total. The molecule has 3 rings (SSSR count). The lowest BCUT2D eigenvalue weighted by Gasteiger charge is -2.06. The van der Waals surface area contributed by atoms with Crippen LogP contribution in [0.15, 0.2) is 42.3 Å². The molecule has 0 radical (unpaired) electrons. The molecule has 3 aromatic rings. The number of nitrogens with one attached hydrogen (secondary N) is 1. The first-order valence-corrected chi connectivity index (χ1v) is 8.04. The van der Waals surface area contributed by atoms with Crippen molar-refractivity contribution in [3.8, 4) is 22.6 Å². The molecule has 0 aromatic carbocycles. The summed E-state index contributed by atoms with van der Waals surface area (Å²) in [6, 6.07) is 2.87. The highest BCUT2D eigenvalue weighted by atomic mass is 19.4. The second kappa shape index (κ2) is 7.29. The fourth-order valence-corrected chi connectivity index (χ4v) is 2.44. The van der Waals surface area contributed by atoms with Crippen LogP contribution >= 0.6 is 0 Å². The Morgan fingerprint density at radius 2 is 1.96 bits per heavy atom. The molecule has 27 heavy (non-hydrogen) atoms. The average Bonchev–Trinajstić information content (AvgIpc) is 3.28. The average molecular weight is 380 g/mol. The van der Waals surface area contributed by atoms with Crippen molar-refractivity contribution in [2.24, 2.45) is 0 Å². The van der Waals surface area contributed by atoms with Gasteiger partial charge >= 0.3 is 6.18 Å². The summed E-state index contributed by atoms with van der Waals surface area (Å²) >= 11 is 0. The predicted molar refractivity (Wildman–Crippen MR) is 89.9 cm³/mol. The van der Waals surface area contributed by atoms with E-state index in [1.807, 2.05) is 5.10 Å². The second-order valence-corrected chi connectivity index (χ2v) is 6.11. The Morgan fingerprint density at radius 1 is 1.19 bits per heavy atom. The number of aryl methyl sites for hydroxylation is 1. The maximum atomic E-state index is 13.6. The first kappa shape index (κ1) is 18.7. The lowest BCUT2D eigenvalue weighted by molar-refractivity contribution is -0.140. The van der Waals surface area contributed by atoms with E-state index in [9.17, 15) is 17.6 Å². The smallest absolute Gasteiger partial charge is 0.336 e. The molecular weight excluding hydrogens is 364 g/mol. The number of hydrogen-bond donors (Lipinski definition) is 1. The number of pyridine rings is 1. The fourth-order valence-electron chi connectivity index (χ4n) is 2.44. The SMILES string of the molecule is CC(C)=C(F)CCn1cnc(-c2cc(-c3nn[nH]c3C(F)(F)F)ccn2)c1. The molecule has 0 saturated carbocycles. The molecule has 3 heterocycles. The van der Waals surface area contributed by atoms with Gasteiger partial charge in [-0.25, -0.2) is 9.37 Å². The lowest BCUT2D eigenvalue weighted by atomic mass is 10.1. The van der Waals surface area contributed by atoms with Gasteiger partial charge in [-0.3, -0.25) is 10.1 Å². The van der Waals surface area contributed by atoms with Gasteiger partial charge in [0, 0.05) is 30.9 Å². The minimum atomic E-state index is -4.60. The number of aromatic amines is 1. The van der Waals surface area contributed by atoms with Crippen LogP contribution in [0.3, 0.4) is 0 Å². The van der Waals surface area contributed by atoms with Crippen LogP contribution in [-0.2, 0) is 12.7 Å². The van der Waals surface area contributed by atoms with Gasteiger partial charge in [0.2, 0.25) is 0 Å². The Balaban J connectivity index is 1.85. The number of alkyl halides is 3. The highest BCUT2D eigenvalue weighted by Gasteiger charge is 2.37. The molecule has 0 amide bonds. The van der Waals surface area contributed by atoms with E-state index in [2.05, 4.69) is 20.3 Å². The van der Waals surface area contributed by atoms with Crippen LogP contribution in [0, 0.1) is 0 Å².